The van der Waals surface area contributed by atoms with Crippen molar-refractivity contribution >= 4 is 45.5 Å². The standard InChI is InChI=1S/C21H17ClFN5O2/c1-25-6-2-3-20(30)28-18-8-14-17(9-19(18)29)26-11-12(10-24)21(14)27-13-4-5-16(23)15(22)7-13/h2-5,7-9,11,25,29H,6H2,1H3,(H,26,27)(H,28,30)/b3-2+. The summed E-state index contributed by atoms with van der Waals surface area (Å²) in [7, 11) is 1.75. The topological polar surface area (TPSA) is 110 Å². The third-order valence-corrected chi connectivity index (χ3v) is 4.43. The first-order valence-electron chi connectivity index (χ1n) is 8.83. The SMILES string of the molecule is CNC/C=C/C(=O)Nc1cc2c(Nc3ccc(F)c(Cl)c3)c(C#N)cnc2cc1O. The van der Waals surface area contributed by atoms with Crippen molar-refractivity contribution in [1.82, 2.24) is 10.3 Å². The van der Waals surface area contributed by atoms with Gasteiger partial charge in [-0.25, -0.2) is 4.39 Å². The number of likely N-dealkylation sites (N-methyl/N-ethyl adjacent to an activating group) is 1. The van der Waals surface area contributed by atoms with Crippen LogP contribution in [0.4, 0.5) is 21.5 Å². The number of benzene rings is 2. The Kier molecular flexibility index (Phi) is 6.47. The van der Waals surface area contributed by atoms with Crippen molar-refractivity contribution in [2.75, 3.05) is 24.2 Å². The van der Waals surface area contributed by atoms with Gasteiger partial charge in [0.25, 0.3) is 0 Å². The summed E-state index contributed by atoms with van der Waals surface area (Å²) in [6.45, 7) is 0.515. The summed E-state index contributed by atoms with van der Waals surface area (Å²) in [6.07, 6.45) is 4.33. The van der Waals surface area contributed by atoms with E-state index < -0.39 is 11.7 Å². The number of nitriles is 1. The maximum atomic E-state index is 13.5. The first-order chi connectivity index (χ1) is 14.4. The predicted octanol–water partition coefficient (Wildman–Crippen LogP) is 4.06. The molecule has 0 aliphatic carbocycles. The summed E-state index contributed by atoms with van der Waals surface area (Å²) in [4.78, 5) is 16.3. The second-order valence-electron chi connectivity index (χ2n) is 6.25. The van der Waals surface area contributed by atoms with E-state index in [1.807, 2.05) is 6.07 Å². The summed E-state index contributed by atoms with van der Waals surface area (Å²) < 4.78 is 13.5. The molecule has 0 fully saturated rings. The summed E-state index contributed by atoms with van der Waals surface area (Å²) in [5.74, 6) is -1.17. The Morgan fingerprint density at radius 3 is 2.87 bits per heavy atom. The van der Waals surface area contributed by atoms with Crippen molar-refractivity contribution in [3.05, 3.63) is 65.1 Å². The second kappa shape index (κ2) is 9.22. The number of halogens is 2. The molecule has 0 aliphatic heterocycles. The smallest absolute Gasteiger partial charge is 0.248 e. The summed E-state index contributed by atoms with van der Waals surface area (Å²) in [5, 5.41) is 28.7. The van der Waals surface area contributed by atoms with Crippen LogP contribution in [0.3, 0.4) is 0 Å². The number of fused-ring (bicyclic) bond motifs is 1. The number of aromatic nitrogens is 1. The van der Waals surface area contributed by atoms with Gasteiger partial charge < -0.3 is 21.1 Å². The zero-order valence-electron chi connectivity index (χ0n) is 15.8. The summed E-state index contributed by atoms with van der Waals surface area (Å²) in [5.41, 5.74) is 1.61. The number of hydrogen-bond donors (Lipinski definition) is 4. The van der Waals surface area contributed by atoms with Crippen LogP contribution in [-0.2, 0) is 4.79 Å². The molecule has 0 saturated heterocycles. The molecule has 152 valence electrons. The van der Waals surface area contributed by atoms with Gasteiger partial charge in [-0.15, -0.1) is 0 Å². The second-order valence-corrected chi connectivity index (χ2v) is 6.66. The fourth-order valence-electron chi connectivity index (χ4n) is 2.72. The lowest BCUT2D eigenvalue weighted by atomic mass is 10.1. The Bertz CT molecular complexity index is 1190. The molecule has 4 N–H and O–H groups in total. The number of nitrogens with zero attached hydrogens (tertiary/aromatic N) is 2. The molecule has 3 rings (SSSR count). The average molecular weight is 426 g/mol. The molecule has 30 heavy (non-hydrogen) atoms. The minimum Gasteiger partial charge on any atom is -0.506 e. The highest BCUT2D eigenvalue weighted by Crippen LogP contribution is 2.35. The van der Waals surface area contributed by atoms with Crippen LogP contribution in [0.15, 0.2) is 48.7 Å². The number of carbonyl (C=O) groups is 1. The van der Waals surface area contributed by atoms with Crippen LogP contribution >= 0.6 is 11.6 Å². The van der Waals surface area contributed by atoms with Crippen molar-refractivity contribution in [2.24, 2.45) is 0 Å². The van der Waals surface area contributed by atoms with Crippen LogP contribution in [0.5, 0.6) is 5.75 Å². The molecule has 0 unspecified atom stereocenters. The number of phenols is 1. The Labute approximate surface area is 176 Å². The van der Waals surface area contributed by atoms with Crippen molar-refractivity contribution in [1.29, 1.82) is 5.26 Å². The molecule has 2 aromatic carbocycles. The van der Waals surface area contributed by atoms with Crippen molar-refractivity contribution in [3.8, 4) is 11.8 Å². The van der Waals surface area contributed by atoms with Gasteiger partial charge in [-0.1, -0.05) is 17.7 Å². The van der Waals surface area contributed by atoms with Crippen LogP contribution in [0.1, 0.15) is 5.56 Å². The quantitative estimate of drug-likeness (QED) is 0.350. The average Bonchev–Trinajstić information content (AvgIpc) is 2.72. The number of hydrogen-bond acceptors (Lipinski definition) is 6. The lowest BCUT2D eigenvalue weighted by Gasteiger charge is -2.14. The molecular formula is C21H17ClFN5O2. The van der Waals surface area contributed by atoms with Crippen LogP contribution in [0, 0.1) is 17.1 Å². The van der Waals surface area contributed by atoms with E-state index in [-0.39, 0.29) is 22.0 Å². The molecule has 0 bridgehead atoms. The molecule has 0 spiro atoms. The number of phenolic OH excluding ortho intramolecular Hbond substituents is 1. The van der Waals surface area contributed by atoms with Gasteiger partial charge in [0.05, 0.1) is 27.5 Å². The molecule has 1 aromatic heterocycles. The van der Waals surface area contributed by atoms with Crippen LogP contribution in [-0.4, -0.2) is 29.6 Å². The minimum atomic E-state index is -0.566. The van der Waals surface area contributed by atoms with Crippen molar-refractivity contribution in [2.45, 2.75) is 0 Å². The normalized spacial score (nSPS) is 10.9. The molecule has 7 nitrogen and oxygen atoms in total. The third kappa shape index (κ3) is 4.66. The van der Waals surface area contributed by atoms with Gasteiger partial charge in [-0.05, 0) is 31.3 Å². The van der Waals surface area contributed by atoms with E-state index in [0.717, 1.165) is 0 Å². The maximum Gasteiger partial charge on any atom is 0.248 e. The van der Waals surface area contributed by atoms with E-state index in [9.17, 15) is 19.6 Å². The van der Waals surface area contributed by atoms with Crippen molar-refractivity contribution in [3.63, 3.8) is 0 Å². The zero-order valence-corrected chi connectivity index (χ0v) is 16.6. The molecule has 9 heteroatoms. The lowest BCUT2D eigenvalue weighted by molar-refractivity contribution is -0.111. The molecule has 0 radical (unpaired) electrons. The molecular weight excluding hydrogens is 409 g/mol. The first kappa shape index (κ1) is 21.0. The van der Waals surface area contributed by atoms with E-state index in [4.69, 9.17) is 11.6 Å². The highest BCUT2D eigenvalue weighted by atomic mass is 35.5. The number of amides is 1. The maximum absolute atomic E-state index is 13.5. The molecule has 0 atom stereocenters. The van der Waals surface area contributed by atoms with Crippen LogP contribution < -0.4 is 16.0 Å². The molecule has 1 heterocycles. The molecule has 3 aromatic rings. The first-order valence-corrected chi connectivity index (χ1v) is 9.20. The van der Waals surface area contributed by atoms with Gasteiger partial charge in [0, 0.05) is 36.0 Å². The highest BCUT2D eigenvalue weighted by Gasteiger charge is 2.14. The predicted molar refractivity (Wildman–Crippen MR) is 115 cm³/mol. The van der Waals surface area contributed by atoms with Gasteiger partial charge in [0.2, 0.25) is 5.91 Å². The molecule has 0 aliphatic rings. The van der Waals surface area contributed by atoms with E-state index in [0.29, 0.717) is 28.8 Å². The summed E-state index contributed by atoms with van der Waals surface area (Å²) in [6, 6.07) is 9.00. The molecule has 1 amide bonds. The minimum absolute atomic E-state index is 0.0733. The lowest BCUT2D eigenvalue weighted by Crippen LogP contribution is -2.10. The highest BCUT2D eigenvalue weighted by molar-refractivity contribution is 6.31. The largest absolute Gasteiger partial charge is 0.506 e. The van der Waals surface area contributed by atoms with E-state index in [1.165, 1.54) is 42.6 Å². The van der Waals surface area contributed by atoms with Gasteiger partial charge in [-0.3, -0.25) is 9.78 Å². The van der Waals surface area contributed by atoms with Gasteiger partial charge >= 0.3 is 0 Å². The van der Waals surface area contributed by atoms with Crippen LogP contribution in [0.25, 0.3) is 10.9 Å². The van der Waals surface area contributed by atoms with E-state index in [2.05, 4.69) is 20.9 Å². The Morgan fingerprint density at radius 1 is 1.37 bits per heavy atom. The Morgan fingerprint density at radius 2 is 2.17 bits per heavy atom. The van der Waals surface area contributed by atoms with Crippen molar-refractivity contribution < 1.29 is 14.3 Å². The number of nitrogens with one attached hydrogen (secondary N) is 3. The number of rotatable bonds is 6. The number of pyridine rings is 1. The van der Waals surface area contributed by atoms with Crippen LogP contribution in [0.2, 0.25) is 5.02 Å². The fraction of sp³-hybridized carbons (Fsp3) is 0.0952. The third-order valence-electron chi connectivity index (χ3n) is 4.14. The van der Waals surface area contributed by atoms with Gasteiger partial charge in [0.15, 0.2) is 0 Å². The summed E-state index contributed by atoms with van der Waals surface area (Å²) >= 11 is 5.84. The molecule has 0 saturated carbocycles. The van der Waals surface area contributed by atoms with Gasteiger partial charge in [-0.2, -0.15) is 5.26 Å². The fourth-order valence-corrected chi connectivity index (χ4v) is 2.90. The van der Waals surface area contributed by atoms with E-state index in [1.54, 1.807) is 13.1 Å². The zero-order chi connectivity index (χ0) is 21.7. The number of aromatic hydroxyl groups is 1. The van der Waals surface area contributed by atoms with E-state index >= 15 is 0 Å². The Hall–Kier alpha value is -3.67. The number of carbonyl (C=O) groups excluding carboxylic acids is 1. The number of anilines is 3. The van der Waals surface area contributed by atoms with Gasteiger partial charge in [0.1, 0.15) is 17.6 Å². The Balaban J connectivity index is 2.05. The monoisotopic (exact) mass is 425 g/mol.